The number of aromatic amines is 1. The van der Waals surface area contributed by atoms with Crippen LogP contribution in [-0.4, -0.2) is 27.2 Å². The van der Waals surface area contributed by atoms with E-state index in [0.29, 0.717) is 23.9 Å². The molecule has 0 amide bonds. The third-order valence-corrected chi connectivity index (χ3v) is 4.71. The van der Waals surface area contributed by atoms with E-state index in [1.807, 2.05) is 35.7 Å². The highest BCUT2D eigenvalue weighted by molar-refractivity contribution is 5.78. The van der Waals surface area contributed by atoms with Crippen molar-refractivity contribution < 1.29 is 4.74 Å². The topological polar surface area (TPSA) is 78.1 Å². The Balaban J connectivity index is 1.78. The van der Waals surface area contributed by atoms with Crippen molar-refractivity contribution in [2.24, 2.45) is 0 Å². The van der Waals surface area contributed by atoms with Crippen molar-refractivity contribution in [3.8, 4) is 23.1 Å². The number of benzene rings is 1. The molecule has 1 aliphatic rings. The predicted molar refractivity (Wildman–Crippen MR) is 96.7 cm³/mol. The number of fused-ring (bicyclic) bond motifs is 1. The van der Waals surface area contributed by atoms with Gasteiger partial charge >= 0.3 is 0 Å². The van der Waals surface area contributed by atoms with Gasteiger partial charge in [0.25, 0.3) is 0 Å². The summed E-state index contributed by atoms with van der Waals surface area (Å²) in [7, 11) is 0. The van der Waals surface area contributed by atoms with Gasteiger partial charge in [-0.25, -0.2) is 9.50 Å². The molecule has 0 bridgehead atoms. The summed E-state index contributed by atoms with van der Waals surface area (Å²) in [5.41, 5.74) is 3.07. The Morgan fingerprint density at radius 1 is 1.32 bits per heavy atom. The molecule has 3 aromatic rings. The second kappa shape index (κ2) is 6.52. The van der Waals surface area contributed by atoms with Gasteiger partial charge in [-0.3, -0.25) is 5.10 Å². The third-order valence-electron chi connectivity index (χ3n) is 4.71. The molecule has 2 N–H and O–H groups in total. The van der Waals surface area contributed by atoms with Crippen LogP contribution in [0.15, 0.2) is 30.5 Å². The number of anilines is 1. The first-order chi connectivity index (χ1) is 12.3. The van der Waals surface area contributed by atoms with Crippen LogP contribution in [0.1, 0.15) is 38.2 Å². The SMILES string of the molecule is CCOc1ccc(-c2nc3c(C#N)c[nH]n3c2NC2CCCC2)cc1. The number of H-pyrrole nitrogens is 1. The van der Waals surface area contributed by atoms with Gasteiger partial charge in [-0.2, -0.15) is 5.26 Å². The van der Waals surface area contributed by atoms with E-state index in [4.69, 9.17) is 9.72 Å². The standard InChI is InChI=1S/C19H21N5O/c1-2-25-16-9-7-13(8-10-16)17-19(22-15-5-3-4-6-15)24-18(23-17)14(11-20)12-21-24/h7-10,12,15,21-22H,2-6H2,1H3. The van der Waals surface area contributed by atoms with E-state index in [9.17, 15) is 5.26 Å². The molecule has 1 aliphatic carbocycles. The molecule has 0 saturated heterocycles. The average molecular weight is 335 g/mol. The molecule has 0 radical (unpaired) electrons. The smallest absolute Gasteiger partial charge is 0.173 e. The Labute approximate surface area is 146 Å². The van der Waals surface area contributed by atoms with Crippen LogP contribution in [0.4, 0.5) is 5.82 Å². The first-order valence-corrected chi connectivity index (χ1v) is 8.80. The molecule has 1 aromatic carbocycles. The first-order valence-electron chi connectivity index (χ1n) is 8.80. The van der Waals surface area contributed by atoms with Crippen molar-refractivity contribution in [1.82, 2.24) is 14.6 Å². The van der Waals surface area contributed by atoms with Gasteiger partial charge in [0.05, 0.1) is 6.61 Å². The highest BCUT2D eigenvalue weighted by atomic mass is 16.5. The highest BCUT2D eigenvalue weighted by Gasteiger charge is 2.22. The van der Waals surface area contributed by atoms with Gasteiger partial charge in [0.2, 0.25) is 0 Å². The molecule has 1 fully saturated rings. The van der Waals surface area contributed by atoms with Gasteiger partial charge in [0.15, 0.2) is 11.5 Å². The van der Waals surface area contributed by atoms with Crippen LogP contribution in [0.2, 0.25) is 0 Å². The van der Waals surface area contributed by atoms with E-state index in [-0.39, 0.29) is 0 Å². The number of imidazole rings is 1. The summed E-state index contributed by atoms with van der Waals surface area (Å²) in [5, 5.41) is 16.1. The lowest BCUT2D eigenvalue weighted by Crippen LogP contribution is -2.16. The lowest BCUT2D eigenvalue weighted by molar-refractivity contribution is 0.340. The quantitative estimate of drug-likeness (QED) is 0.740. The molecule has 0 atom stereocenters. The van der Waals surface area contributed by atoms with Crippen LogP contribution >= 0.6 is 0 Å². The molecule has 2 aromatic heterocycles. The molecule has 2 heterocycles. The number of rotatable bonds is 5. The Morgan fingerprint density at radius 3 is 2.76 bits per heavy atom. The fraction of sp³-hybridized carbons (Fsp3) is 0.368. The number of ether oxygens (including phenoxy) is 1. The monoisotopic (exact) mass is 335 g/mol. The van der Waals surface area contributed by atoms with E-state index in [1.165, 1.54) is 25.7 Å². The number of nitrogens with one attached hydrogen (secondary N) is 2. The van der Waals surface area contributed by atoms with E-state index in [2.05, 4.69) is 16.5 Å². The second-order valence-electron chi connectivity index (χ2n) is 6.35. The molecule has 0 unspecified atom stereocenters. The Kier molecular flexibility index (Phi) is 4.06. The maximum Gasteiger partial charge on any atom is 0.173 e. The van der Waals surface area contributed by atoms with Crippen LogP contribution in [0, 0.1) is 11.3 Å². The summed E-state index contributed by atoms with van der Waals surface area (Å²) in [5.74, 6) is 1.77. The molecule has 6 nitrogen and oxygen atoms in total. The maximum atomic E-state index is 9.31. The maximum absolute atomic E-state index is 9.31. The molecule has 0 spiro atoms. The number of nitrogens with zero attached hydrogens (tertiary/aromatic N) is 3. The van der Waals surface area contributed by atoms with Gasteiger partial charge in [-0.1, -0.05) is 12.8 Å². The van der Waals surface area contributed by atoms with Crippen molar-refractivity contribution >= 4 is 11.5 Å². The van der Waals surface area contributed by atoms with Crippen molar-refractivity contribution in [1.29, 1.82) is 5.26 Å². The normalized spacial score (nSPS) is 14.7. The number of hydrogen-bond acceptors (Lipinski definition) is 4. The number of nitriles is 1. The van der Waals surface area contributed by atoms with E-state index >= 15 is 0 Å². The number of hydrogen-bond donors (Lipinski definition) is 2. The van der Waals surface area contributed by atoms with E-state index in [0.717, 1.165) is 22.8 Å². The second-order valence-corrected chi connectivity index (χ2v) is 6.35. The van der Waals surface area contributed by atoms with Crippen LogP contribution in [0.25, 0.3) is 16.9 Å². The van der Waals surface area contributed by atoms with Crippen molar-refractivity contribution in [2.45, 2.75) is 38.6 Å². The summed E-state index contributed by atoms with van der Waals surface area (Å²) in [4.78, 5) is 4.74. The lowest BCUT2D eigenvalue weighted by Gasteiger charge is -2.14. The molecule has 0 aliphatic heterocycles. The molecular weight excluding hydrogens is 314 g/mol. The zero-order valence-corrected chi connectivity index (χ0v) is 14.2. The van der Waals surface area contributed by atoms with E-state index < -0.39 is 0 Å². The molecule has 4 rings (SSSR count). The van der Waals surface area contributed by atoms with Crippen molar-refractivity contribution in [3.05, 3.63) is 36.0 Å². The van der Waals surface area contributed by atoms with Gasteiger partial charge in [-0.15, -0.1) is 0 Å². The lowest BCUT2D eigenvalue weighted by atomic mass is 10.1. The third kappa shape index (κ3) is 2.82. The minimum atomic E-state index is 0.454. The minimum Gasteiger partial charge on any atom is -0.494 e. The zero-order valence-electron chi connectivity index (χ0n) is 14.2. The van der Waals surface area contributed by atoms with Gasteiger partial charge < -0.3 is 10.1 Å². The first kappa shape index (κ1) is 15.6. The average Bonchev–Trinajstić information content (AvgIpc) is 3.34. The summed E-state index contributed by atoms with van der Waals surface area (Å²) in [6.45, 7) is 2.62. The Hall–Kier alpha value is -2.94. The van der Waals surface area contributed by atoms with Crippen molar-refractivity contribution in [2.75, 3.05) is 11.9 Å². The molecule has 25 heavy (non-hydrogen) atoms. The van der Waals surface area contributed by atoms with Gasteiger partial charge in [-0.05, 0) is 44.0 Å². The molecule has 128 valence electrons. The van der Waals surface area contributed by atoms with Gasteiger partial charge in [0.1, 0.15) is 23.1 Å². The zero-order chi connectivity index (χ0) is 17.2. The minimum absolute atomic E-state index is 0.454. The van der Waals surface area contributed by atoms with E-state index in [1.54, 1.807) is 6.20 Å². The predicted octanol–water partition coefficient (Wildman–Crippen LogP) is 3.95. The molecule has 6 heteroatoms. The van der Waals surface area contributed by atoms with Crippen LogP contribution in [0.3, 0.4) is 0 Å². The van der Waals surface area contributed by atoms with Gasteiger partial charge in [0, 0.05) is 17.8 Å². The largest absolute Gasteiger partial charge is 0.494 e. The fourth-order valence-electron chi connectivity index (χ4n) is 3.48. The van der Waals surface area contributed by atoms with Crippen LogP contribution < -0.4 is 10.1 Å². The van der Waals surface area contributed by atoms with Crippen LogP contribution in [-0.2, 0) is 0 Å². The Morgan fingerprint density at radius 2 is 2.08 bits per heavy atom. The Bertz CT molecular complexity index is 910. The summed E-state index contributed by atoms with van der Waals surface area (Å²) < 4.78 is 7.40. The fourth-order valence-corrected chi connectivity index (χ4v) is 3.48. The molecule has 1 saturated carbocycles. The number of aromatic nitrogens is 3. The molecular formula is C19H21N5O. The van der Waals surface area contributed by atoms with Crippen LogP contribution in [0.5, 0.6) is 5.75 Å². The summed E-state index contributed by atoms with van der Waals surface area (Å²) in [6.07, 6.45) is 6.55. The summed E-state index contributed by atoms with van der Waals surface area (Å²) in [6, 6.07) is 10.6. The van der Waals surface area contributed by atoms with Crippen molar-refractivity contribution in [3.63, 3.8) is 0 Å². The summed E-state index contributed by atoms with van der Waals surface area (Å²) >= 11 is 0. The highest BCUT2D eigenvalue weighted by Crippen LogP contribution is 2.33.